The highest BCUT2D eigenvalue weighted by Crippen LogP contribution is 2.12. The second-order valence-electron chi connectivity index (χ2n) is 7.36. The summed E-state index contributed by atoms with van der Waals surface area (Å²) < 4.78 is 5.65. The number of nitrogens with zero attached hydrogens (tertiary/aromatic N) is 2. The summed E-state index contributed by atoms with van der Waals surface area (Å²) in [7, 11) is 0. The lowest BCUT2D eigenvalue weighted by atomic mass is 10.1. The average Bonchev–Trinajstić information content (AvgIpc) is 2.63. The van der Waals surface area contributed by atoms with E-state index in [4.69, 9.17) is 9.73 Å². The van der Waals surface area contributed by atoms with Crippen molar-refractivity contribution in [2.24, 2.45) is 4.99 Å². The number of phenolic OH excluding ortho intramolecular Hbond substituents is 1. The Bertz CT molecular complexity index is 575. The molecule has 1 aliphatic rings. The van der Waals surface area contributed by atoms with Crippen molar-refractivity contribution in [3.63, 3.8) is 0 Å². The van der Waals surface area contributed by atoms with E-state index < -0.39 is 0 Å². The Morgan fingerprint density at radius 1 is 1.32 bits per heavy atom. The topological polar surface area (TPSA) is 69.1 Å². The van der Waals surface area contributed by atoms with Gasteiger partial charge in [0.05, 0.1) is 12.7 Å². The maximum absolute atomic E-state index is 9.55. The van der Waals surface area contributed by atoms with E-state index in [9.17, 15) is 5.11 Å². The minimum Gasteiger partial charge on any atom is -0.508 e. The fourth-order valence-electron chi connectivity index (χ4n) is 3.24. The van der Waals surface area contributed by atoms with Crippen LogP contribution in [-0.2, 0) is 11.2 Å². The number of hydrogen-bond acceptors (Lipinski definition) is 4. The monoisotopic (exact) mass is 504 g/mol. The SMILES string of the molecule is CCNC(=NCCc1cccc(O)c1)NC1CCN(CCOC(C)C)CC1.I. The molecule has 0 atom stereocenters. The normalized spacial score (nSPS) is 16.1. The number of ether oxygens (including phenoxy) is 1. The molecule has 1 aromatic rings. The summed E-state index contributed by atoms with van der Waals surface area (Å²) in [5, 5.41) is 16.5. The van der Waals surface area contributed by atoms with Gasteiger partial charge in [-0.3, -0.25) is 4.99 Å². The molecule has 0 spiro atoms. The van der Waals surface area contributed by atoms with Gasteiger partial charge in [-0.25, -0.2) is 0 Å². The lowest BCUT2D eigenvalue weighted by molar-refractivity contribution is 0.0532. The summed E-state index contributed by atoms with van der Waals surface area (Å²) in [4.78, 5) is 7.18. The van der Waals surface area contributed by atoms with Crippen LogP contribution in [-0.4, -0.2) is 67.4 Å². The summed E-state index contributed by atoms with van der Waals surface area (Å²) in [6.45, 7) is 11.8. The van der Waals surface area contributed by atoms with Gasteiger partial charge in [0.25, 0.3) is 0 Å². The smallest absolute Gasteiger partial charge is 0.191 e. The molecule has 1 heterocycles. The van der Waals surface area contributed by atoms with Gasteiger partial charge >= 0.3 is 0 Å². The number of aromatic hydroxyl groups is 1. The molecular weight excluding hydrogens is 467 g/mol. The molecule has 28 heavy (non-hydrogen) atoms. The van der Waals surface area contributed by atoms with E-state index in [-0.39, 0.29) is 24.0 Å². The highest BCUT2D eigenvalue weighted by Gasteiger charge is 2.19. The van der Waals surface area contributed by atoms with Crippen molar-refractivity contribution in [1.82, 2.24) is 15.5 Å². The van der Waals surface area contributed by atoms with Gasteiger partial charge in [-0.1, -0.05) is 12.1 Å². The summed E-state index contributed by atoms with van der Waals surface area (Å²) in [5.74, 6) is 1.20. The molecule has 1 fully saturated rings. The maximum atomic E-state index is 9.55. The van der Waals surface area contributed by atoms with Crippen LogP contribution in [0.2, 0.25) is 0 Å². The molecule has 1 aromatic carbocycles. The average molecular weight is 504 g/mol. The van der Waals surface area contributed by atoms with E-state index in [1.165, 1.54) is 0 Å². The lowest BCUT2D eigenvalue weighted by Crippen LogP contribution is -2.49. The predicted octanol–water partition coefficient (Wildman–Crippen LogP) is 3.00. The van der Waals surface area contributed by atoms with E-state index in [2.05, 4.69) is 36.3 Å². The van der Waals surface area contributed by atoms with Crippen LogP contribution in [0.3, 0.4) is 0 Å². The molecular formula is C21H37IN4O2. The number of likely N-dealkylation sites (tertiary alicyclic amines) is 1. The third-order valence-electron chi connectivity index (χ3n) is 4.71. The van der Waals surface area contributed by atoms with Crippen molar-refractivity contribution >= 4 is 29.9 Å². The van der Waals surface area contributed by atoms with E-state index in [1.807, 2.05) is 12.1 Å². The predicted molar refractivity (Wildman–Crippen MR) is 127 cm³/mol. The number of phenols is 1. The van der Waals surface area contributed by atoms with Crippen molar-refractivity contribution in [3.05, 3.63) is 29.8 Å². The van der Waals surface area contributed by atoms with Crippen LogP contribution in [0.15, 0.2) is 29.3 Å². The Morgan fingerprint density at radius 2 is 2.07 bits per heavy atom. The molecule has 2 rings (SSSR count). The zero-order chi connectivity index (χ0) is 19.5. The van der Waals surface area contributed by atoms with Gasteiger partial charge in [-0.2, -0.15) is 0 Å². The van der Waals surface area contributed by atoms with E-state index >= 15 is 0 Å². The number of nitrogens with one attached hydrogen (secondary N) is 2. The maximum Gasteiger partial charge on any atom is 0.191 e. The molecule has 160 valence electrons. The van der Waals surface area contributed by atoms with Crippen LogP contribution in [0, 0.1) is 0 Å². The molecule has 0 radical (unpaired) electrons. The first-order valence-corrected chi connectivity index (χ1v) is 10.2. The Balaban J connectivity index is 0.00000392. The molecule has 0 unspecified atom stereocenters. The number of guanidine groups is 1. The largest absolute Gasteiger partial charge is 0.508 e. The van der Waals surface area contributed by atoms with Crippen molar-refractivity contribution in [1.29, 1.82) is 0 Å². The fourth-order valence-corrected chi connectivity index (χ4v) is 3.24. The summed E-state index contributed by atoms with van der Waals surface area (Å²) in [6, 6.07) is 7.85. The molecule has 1 aliphatic heterocycles. The molecule has 0 aliphatic carbocycles. The third-order valence-corrected chi connectivity index (χ3v) is 4.71. The van der Waals surface area contributed by atoms with Crippen LogP contribution >= 0.6 is 24.0 Å². The highest BCUT2D eigenvalue weighted by molar-refractivity contribution is 14.0. The zero-order valence-electron chi connectivity index (χ0n) is 17.5. The van der Waals surface area contributed by atoms with Crippen molar-refractivity contribution < 1.29 is 9.84 Å². The number of benzene rings is 1. The van der Waals surface area contributed by atoms with Gasteiger partial charge in [-0.05, 0) is 57.7 Å². The Hall–Kier alpha value is -1.06. The van der Waals surface area contributed by atoms with Gasteiger partial charge in [-0.15, -0.1) is 24.0 Å². The quantitative estimate of drug-likeness (QED) is 0.274. The molecule has 0 saturated carbocycles. The molecule has 7 heteroatoms. The minimum atomic E-state index is 0. The second kappa shape index (κ2) is 14.0. The lowest BCUT2D eigenvalue weighted by Gasteiger charge is -2.33. The Kier molecular flexibility index (Phi) is 12.5. The summed E-state index contributed by atoms with van der Waals surface area (Å²) in [6.07, 6.45) is 3.37. The van der Waals surface area contributed by atoms with Gasteiger partial charge in [0.2, 0.25) is 0 Å². The molecule has 3 N–H and O–H groups in total. The molecule has 0 amide bonds. The minimum absolute atomic E-state index is 0. The zero-order valence-corrected chi connectivity index (χ0v) is 19.8. The van der Waals surface area contributed by atoms with Gasteiger partial charge in [0, 0.05) is 38.8 Å². The first-order valence-electron chi connectivity index (χ1n) is 10.2. The van der Waals surface area contributed by atoms with Gasteiger partial charge in [0.1, 0.15) is 5.75 Å². The van der Waals surface area contributed by atoms with Crippen LogP contribution in [0.25, 0.3) is 0 Å². The third kappa shape index (κ3) is 9.93. The van der Waals surface area contributed by atoms with Crippen LogP contribution in [0.5, 0.6) is 5.75 Å². The van der Waals surface area contributed by atoms with E-state index in [0.29, 0.717) is 24.4 Å². The van der Waals surface area contributed by atoms with Crippen molar-refractivity contribution in [2.75, 3.05) is 39.3 Å². The molecule has 0 aromatic heterocycles. The van der Waals surface area contributed by atoms with Crippen LogP contribution < -0.4 is 10.6 Å². The highest BCUT2D eigenvalue weighted by atomic mass is 127. The van der Waals surface area contributed by atoms with E-state index in [1.54, 1.807) is 12.1 Å². The van der Waals surface area contributed by atoms with Crippen molar-refractivity contribution in [3.8, 4) is 5.75 Å². The number of hydrogen-bond donors (Lipinski definition) is 3. The molecule has 1 saturated heterocycles. The first-order chi connectivity index (χ1) is 13.1. The van der Waals surface area contributed by atoms with Crippen molar-refractivity contribution in [2.45, 2.75) is 52.2 Å². The molecule has 6 nitrogen and oxygen atoms in total. The van der Waals surface area contributed by atoms with Crippen LogP contribution in [0.1, 0.15) is 39.2 Å². The number of rotatable bonds is 9. The number of halogens is 1. The summed E-state index contributed by atoms with van der Waals surface area (Å²) in [5.41, 5.74) is 1.10. The summed E-state index contributed by atoms with van der Waals surface area (Å²) >= 11 is 0. The number of piperidine rings is 1. The second-order valence-corrected chi connectivity index (χ2v) is 7.36. The van der Waals surface area contributed by atoms with Gasteiger partial charge < -0.3 is 25.4 Å². The van der Waals surface area contributed by atoms with Gasteiger partial charge in [0.15, 0.2) is 5.96 Å². The molecule has 0 bridgehead atoms. The number of aliphatic imine (C=N–C) groups is 1. The first kappa shape index (κ1) is 25.0. The Morgan fingerprint density at radius 3 is 2.71 bits per heavy atom. The fraction of sp³-hybridized carbons (Fsp3) is 0.667. The van der Waals surface area contributed by atoms with Crippen LogP contribution in [0.4, 0.5) is 0 Å². The van der Waals surface area contributed by atoms with E-state index in [0.717, 1.165) is 63.6 Å². The Labute approximate surface area is 187 Å². The standard InChI is InChI=1S/C21H36N4O2.HI/c1-4-22-21(23-11-8-18-6-5-7-20(26)16-18)24-19-9-12-25(13-10-19)14-15-27-17(2)3;/h5-7,16-17,19,26H,4,8-15H2,1-3H3,(H2,22,23,24);1H.